The second-order valence-corrected chi connectivity index (χ2v) is 6.64. The zero-order valence-electron chi connectivity index (χ0n) is 15.5. The van der Waals surface area contributed by atoms with Gasteiger partial charge < -0.3 is 10.6 Å². The lowest BCUT2D eigenvalue weighted by Gasteiger charge is -2.34. The van der Waals surface area contributed by atoms with E-state index in [1.807, 2.05) is 0 Å². The van der Waals surface area contributed by atoms with Crippen LogP contribution in [0, 0.1) is 20.8 Å². The summed E-state index contributed by atoms with van der Waals surface area (Å²) in [5, 5.41) is 0. The summed E-state index contributed by atoms with van der Waals surface area (Å²) in [6, 6.07) is 8.91. The van der Waals surface area contributed by atoms with Crippen LogP contribution in [0.5, 0.6) is 0 Å². The van der Waals surface area contributed by atoms with E-state index in [2.05, 4.69) is 70.8 Å². The van der Waals surface area contributed by atoms with Gasteiger partial charge >= 0.3 is 0 Å². The van der Waals surface area contributed by atoms with Crippen molar-refractivity contribution in [3.8, 4) is 0 Å². The lowest BCUT2D eigenvalue weighted by atomic mass is 9.97. The summed E-state index contributed by atoms with van der Waals surface area (Å²) in [6.07, 6.45) is 2.12. The Labute approximate surface area is 141 Å². The lowest BCUT2D eigenvalue weighted by molar-refractivity contribution is 0.827. The van der Waals surface area contributed by atoms with Crippen molar-refractivity contribution in [1.29, 1.82) is 0 Å². The summed E-state index contributed by atoms with van der Waals surface area (Å²) in [6.45, 7) is 11.9. The van der Waals surface area contributed by atoms with Crippen LogP contribution in [0.3, 0.4) is 0 Å². The molecule has 124 valence electrons. The minimum Gasteiger partial charge on any atom is -0.398 e. The highest BCUT2D eigenvalue weighted by molar-refractivity contribution is 5.67. The van der Waals surface area contributed by atoms with E-state index < -0.39 is 0 Å². The van der Waals surface area contributed by atoms with E-state index >= 15 is 0 Å². The van der Waals surface area contributed by atoms with E-state index in [-0.39, 0.29) is 0 Å². The molecule has 0 atom stereocenters. The van der Waals surface area contributed by atoms with Crippen molar-refractivity contribution in [2.24, 2.45) is 0 Å². The molecule has 0 saturated heterocycles. The number of hydrogen-bond donors (Lipinski definition) is 1. The molecule has 0 bridgehead atoms. The second kappa shape index (κ2) is 7.08. The highest BCUT2D eigenvalue weighted by Crippen LogP contribution is 2.35. The molecule has 0 spiro atoms. The summed E-state index contributed by atoms with van der Waals surface area (Å²) in [4.78, 5) is 2.30. The number of nitrogens with zero attached hydrogens (tertiary/aromatic N) is 1. The summed E-state index contributed by atoms with van der Waals surface area (Å²) < 4.78 is 0. The molecule has 1 aliphatic heterocycles. The van der Waals surface area contributed by atoms with Gasteiger partial charge in [-0.05, 0) is 61.4 Å². The molecular formula is C21H30N2. The minimum absolute atomic E-state index is 0.967. The highest BCUT2D eigenvalue weighted by atomic mass is 15.1. The summed E-state index contributed by atoms with van der Waals surface area (Å²) in [7, 11) is 2.14. The quantitative estimate of drug-likeness (QED) is 0.795. The SMILES string of the molecule is CCc1cc(C)c(N)c(CC)c1.Cc1cc(C)c2c(c1)CN2C. The molecule has 2 nitrogen and oxygen atoms in total. The maximum atomic E-state index is 5.92. The first-order valence-corrected chi connectivity index (χ1v) is 8.56. The number of fused-ring (bicyclic) bond motifs is 1. The van der Waals surface area contributed by atoms with Gasteiger partial charge in [-0.15, -0.1) is 0 Å². The molecule has 1 aliphatic rings. The molecule has 0 saturated carbocycles. The molecule has 0 unspecified atom stereocenters. The second-order valence-electron chi connectivity index (χ2n) is 6.64. The lowest BCUT2D eigenvalue weighted by Crippen LogP contribution is -2.28. The van der Waals surface area contributed by atoms with Crippen molar-refractivity contribution in [1.82, 2.24) is 0 Å². The predicted molar refractivity (Wildman–Crippen MR) is 102 cm³/mol. The van der Waals surface area contributed by atoms with Crippen molar-refractivity contribution in [2.75, 3.05) is 17.7 Å². The fourth-order valence-electron chi connectivity index (χ4n) is 3.41. The van der Waals surface area contributed by atoms with Gasteiger partial charge in [0.15, 0.2) is 0 Å². The Hall–Kier alpha value is -1.96. The van der Waals surface area contributed by atoms with Crippen molar-refractivity contribution in [3.05, 3.63) is 57.6 Å². The highest BCUT2D eigenvalue weighted by Gasteiger charge is 2.20. The van der Waals surface area contributed by atoms with E-state index in [1.165, 1.54) is 39.1 Å². The summed E-state index contributed by atoms with van der Waals surface area (Å²) >= 11 is 0. The van der Waals surface area contributed by atoms with Crippen LogP contribution >= 0.6 is 0 Å². The Kier molecular flexibility index (Phi) is 5.35. The van der Waals surface area contributed by atoms with E-state index in [0.29, 0.717) is 0 Å². The van der Waals surface area contributed by atoms with Gasteiger partial charge in [0.1, 0.15) is 0 Å². The number of anilines is 2. The van der Waals surface area contributed by atoms with Crippen LogP contribution in [0.4, 0.5) is 11.4 Å². The number of rotatable bonds is 2. The predicted octanol–water partition coefficient (Wildman–Crippen LogP) is 4.96. The third-order valence-electron chi connectivity index (χ3n) is 4.63. The molecule has 1 heterocycles. The minimum atomic E-state index is 0.967. The zero-order chi connectivity index (χ0) is 17.1. The smallest absolute Gasteiger partial charge is 0.0447 e. The van der Waals surface area contributed by atoms with E-state index in [1.54, 1.807) is 0 Å². The first-order valence-electron chi connectivity index (χ1n) is 8.56. The van der Waals surface area contributed by atoms with Gasteiger partial charge in [0.2, 0.25) is 0 Å². The first-order chi connectivity index (χ1) is 10.9. The Morgan fingerprint density at radius 3 is 2.17 bits per heavy atom. The van der Waals surface area contributed by atoms with Gasteiger partial charge in [-0.2, -0.15) is 0 Å². The van der Waals surface area contributed by atoms with E-state index in [4.69, 9.17) is 5.73 Å². The fraction of sp³-hybridized carbons (Fsp3) is 0.429. The van der Waals surface area contributed by atoms with Crippen LogP contribution in [-0.4, -0.2) is 7.05 Å². The topological polar surface area (TPSA) is 29.3 Å². The molecule has 0 fully saturated rings. The van der Waals surface area contributed by atoms with Crippen LogP contribution in [0.2, 0.25) is 0 Å². The Bertz CT molecular complexity index is 684. The van der Waals surface area contributed by atoms with Crippen molar-refractivity contribution in [2.45, 2.75) is 54.0 Å². The molecule has 2 heteroatoms. The molecule has 2 N–H and O–H groups in total. The van der Waals surface area contributed by atoms with Crippen LogP contribution < -0.4 is 10.6 Å². The molecule has 2 aromatic rings. The molecular weight excluding hydrogens is 280 g/mol. The maximum Gasteiger partial charge on any atom is 0.0447 e. The summed E-state index contributed by atoms with van der Waals surface area (Å²) in [5.41, 5.74) is 16.5. The van der Waals surface area contributed by atoms with E-state index in [9.17, 15) is 0 Å². The third-order valence-corrected chi connectivity index (χ3v) is 4.63. The van der Waals surface area contributed by atoms with Crippen LogP contribution in [0.15, 0.2) is 24.3 Å². The third kappa shape index (κ3) is 3.69. The van der Waals surface area contributed by atoms with Gasteiger partial charge in [-0.1, -0.05) is 43.7 Å². The number of nitrogen functional groups attached to an aromatic ring is 1. The van der Waals surface area contributed by atoms with Gasteiger partial charge in [0.25, 0.3) is 0 Å². The first kappa shape index (κ1) is 17.4. The molecule has 23 heavy (non-hydrogen) atoms. The van der Waals surface area contributed by atoms with Gasteiger partial charge in [0, 0.05) is 25.0 Å². The Balaban J connectivity index is 0.000000167. The molecule has 2 aromatic carbocycles. The molecule has 0 radical (unpaired) electrons. The number of hydrogen-bond acceptors (Lipinski definition) is 2. The van der Waals surface area contributed by atoms with Gasteiger partial charge in [0.05, 0.1) is 0 Å². The molecule has 0 amide bonds. The molecule has 3 rings (SSSR count). The van der Waals surface area contributed by atoms with Gasteiger partial charge in [-0.3, -0.25) is 0 Å². The number of aryl methyl sites for hydroxylation is 5. The largest absolute Gasteiger partial charge is 0.398 e. The number of nitrogens with two attached hydrogens (primary N) is 1. The van der Waals surface area contributed by atoms with Crippen molar-refractivity contribution in [3.63, 3.8) is 0 Å². The maximum absolute atomic E-state index is 5.92. The normalized spacial score (nSPS) is 12.2. The van der Waals surface area contributed by atoms with Crippen LogP contribution in [0.25, 0.3) is 0 Å². The zero-order valence-corrected chi connectivity index (χ0v) is 15.5. The monoisotopic (exact) mass is 310 g/mol. The average Bonchev–Trinajstić information content (AvgIpc) is 2.48. The Morgan fingerprint density at radius 1 is 0.957 bits per heavy atom. The van der Waals surface area contributed by atoms with Crippen molar-refractivity contribution >= 4 is 11.4 Å². The number of benzene rings is 2. The van der Waals surface area contributed by atoms with Crippen molar-refractivity contribution < 1.29 is 0 Å². The van der Waals surface area contributed by atoms with E-state index in [0.717, 1.165) is 25.1 Å². The van der Waals surface area contributed by atoms with Gasteiger partial charge in [-0.25, -0.2) is 0 Å². The summed E-state index contributed by atoms with van der Waals surface area (Å²) in [5.74, 6) is 0. The molecule has 0 aromatic heterocycles. The van der Waals surface area contributed by atoms with Crippen LogP contribution in [0.1, 0.15) is 47.2 Å². The van der Waals surface area contributed by atoms with Crippen LogP contribution in [-0.2, 0) is 19.4 Å². The molecule has 0 aliphatic carbocycles. The Morgan fingerprint density at radius 2 is 1.65 bits per heavy atom. The standard InChI is InChI=1S/C11H17N.C10H13N/c1-4-9-6-8(3)11(12)10(5-2)7-9;1-7-4-8(2)10-9(5-7)6-11(10)3/h6-7H,4-5,12H2,1-3H3;4-5H,6H2,1-3H3. The average molecular weight is 310 g/mol. The fourth-order valence-corrected chi connectivity index (χ4v) is 3.41.